The summed E-state index contributed by atoms with van der Waals surface area (Å²) in [6.07, 6.45) is 6.87. The standard InChI is InChI=1S/C6H10S/c1-2-3-4-5-6-7/h2,4-5,7H,1,3,6H2. The van der Waals surface area contributed by atoms with Crippen LogP contribution in [0.5, 0.6) is 0 Å². The van der Waals surface area contributed by atoms with Crippen molar-refractivity contribution in [2.24, 2.45) is 0 Å². The lowest BCUT2D eigenvalue weighted by Gasteiger charge is -1.74. The van der Waals surface area contributed by atoms with Crippen molar-refractivity contribution in [3.63, 3.8) is 0 Å². The predicted octanol–water partition coefficient (Wildman–Crippen LogP) is 2.05. The first-order chi connectivity index (χ1) is 3.41. The van der Waals surface area contributed by atoms with Crippen LogP contribution < -0.4 is 0 Å². The van der Waals surface area contributed by atoms with Crippen LogP contribution in [0.2, 0.25) is 0 Å². The van der Waals surface area contributed by atoms with E-state index in [-0.39, 0.29) is 0 Å². The zero-order chi connectivity index (χ0) is 5.54. The van der Waals surface area contributed by atoms with Crippen LogP contribution in [0, 0.1) is 0 Å². The summed E-state index contributed by atoms with van der Waals surface area (Å²) < 4.78 is 0. The number of hydrogen-bond acceptors (Lipinski definition) is 1. The molecule has 0 heterocycles. The van der Waals surface area contributed by atoms with Crippen LogP contribution in [0.25, 0.3) is 0 Å². The lowest BCUT2D eigenvalue weighted by Crippen LogP contribution is -1.58. The quantitative estimate of drug-likeness (QED) is 0.421. The van der Waals surface area contributed by atoms with Gasteiger partial charge < -0.3 is 0 Å². The lowest BCUT2D eigenvalue weighted by molar-refractivity contribution is 1.39. The van der Waals surface area contributed by atoms with E-state index < -0.39 is 0 Å². The van der Waals surface area contributed by atoms with Crippen molar-refractivity contribution in [3.8, 4) is 0 Å². The fraction of sp³-hybridized carbons (Fsp3) is 0.333. The second kappa shape index (κ2) is 5.83. The molecule has 0 saturated heterocycles. The topological polar surface area (TPSA) is 0 Å². The maximum Gasteiger partial charge on any atom is 0.00826 e. The Hall–Kier alpha value is -0.170. The molecule has 0 fully saturated rings. The van der Waals surface area contributed by atoms with Crippen molar-refractivity contribution in [2.75, 3.05) is 5.75 Å². The minimum absolute atomic E-state index is 0.827. The van der Waals surface area contributed by atoms with Gasteiger partial charge in [0, 0.05) is 5.75 Å². The first-order valence-corrected chi connectivity index (χ1v) is 2.92. The molecule has 0 saturated carbocycles. The van der Waals surface area contributed by atoms with E-state index in [2.05, 4.69) is 19.2 Å². The van der Waals surface area contributed by atoms with Crippen molar-refractivity contribution in [1.29, 1.82) is 0 Å². The Morgan fingerprint density at radius 1 is 1.43 bits per heavy atom. The lowest BCUT2D eigenvalue weighted by atomic mass is 10.4. The zero-order valence-electron chi connectivity index (χ0n) is 4.30. The summed E-state index contributed by atoms with van der Waals surface area (Å²) in [4.78, 5) is 0. The molecule has 0 N–H and O–H groups in total. The molecule has 0 unspecified atom stereocenters. The number of rotatable bonds is 3. The smallest absolute Gasteiger partial charge is 0.00826 e. The van der Waals surface area contributed by atoms with Gasteiger partial charge in [-0.3, -0.25) is 0 Å². The Labute approximate surface area is 50.3 Å². The molecule has 0 spiro atoms. The summed E-state index contributed by atoms with van der Waals surface area (Å²) in [6, 6.07) is 0. The molecule has 0 aromatic heterocycles. The number of thiol groups is 1. The molecule has 0 atom stereocenters. The first-order valence-electron chi connectivity index (χ1n) is 2.28. The molecule has 0 amide bonds. The SMILES string of the molecule is C=CCC=CCS. The van der Waals surface area contributed by atoms with Crippen molar-refractivity contribution < 1.29 is 0 Å². The van der Waals surface area contributed by atoms with Crippen molar-refractivity contribution >= 4 is 12.6 Å². The molecule has 1 heteroatoms. The molecule has 0 nitrogen and oxygen atoms in total. The largest absolute Gasteiger partial charge is 0.175 e. The van der Waals surface area contributed by atoms with Gasteiger partial charge in [0.1, 0.15) is 0 Å². The molecule has 0 aliphatic heterocycles. The van der Waals surface area contributed by atoms with Crippen molar-refractivity contribution in [2.45, 2.75) is 6.42 Å². The van der Waals surface area contributed by atoms with Crippen LogP contribution in [0.4, 0.5) is 0 Å². The van der Waals surface area contributed by atoms with E-state index in [1.807, 2.05) is 18.2 Å². The van der Waals surface area contributed by atoms with Gasteiger partial charge in [-0.25, -0.2) is 0 Å². The number of hydrogen-bond donors (Lipinski definition) is 1. The van der Waals surface area contributed by atoms with Crippen LogP contribution in [0.3, 0.4) is 0 Å². The first kappa shape index (κ1) is 6.83. The van der Waals surface area contributed by atoms with E-state index in [0.717, 1.165) is 12.2 Å². The molecule has 0 bridgehead atoms. The molecular formula is C6H10S. The van der Waals surface area contributed by atoms with Crippen LogP contribution in [-0.4, -0.2) is 5.75 Å². The molecule has 7 heavy (non-hydrogen) atoms. The third-order valence-corrected chi connectivity index (χ3v) is 0.786. The maximum atomic E-state index is 3.97. The molecule has 0 rings (SSSR count). The monoisotopic (exact) mass is 114 g/mol. The third kappa shape index (κ3) is 5.83. The van der Waals surface area contributed by atoms with Crippen LogP contribution in [0.15, 0.2) is 24.8 Å². The van der Waals surface area contributed by atoms with Gasteiger partial charge in [0.05, 0.1) is 0 Å². The van der Waals surface area contributed by atoms with Gasteiger partial charge in [-0.2, -0.15) is 12.6 Å². The van der Waals surface area contributed by atoms with Gasteiger partial charge >= 0.3 is 0 Å². The fourth-order valence-electron chi connectivity index (χ4n) is 0.267. The Kier molecular flexibility index (Phi) is 5.69. The minimum atomic E-state index is 0.827. The van der Waals surface area contributed by atoms with E-state index >= 15 is 0 Å². The van der Waals surface area contributed by atoms with Gasteiger partial charge in [-0.15, -0.1) is 6.58 Å². The summed E-state index contributed by atoms with van der Waals surface area (Å²) in [7, 11) is 0. The highest BCUT2D eigenvalue weighted by atomic mass is 32.1. The van der Waals surface area contributed by atoms with E-state index in [9.17, 15) is 0 Å². The molecule has 0 aromatic carbocycles. The Morgan fingerprint density at radius 2 is 2.14 bits per heavy atom. The molecule has 0 radical (unpaired) electrons. The molecule has 0 aliphatic carbocycles. The molecule has 40 valence electrons. The van der Waals surface area contributed by atoms with Gasteiger partial charge in [0.2, 0.25) is 0 Å². The van der Waals surface area contributed by atoms with Crippen molar-refractivity contribution in [3.05, 3.63) is 24.8 Å². The highest BCUT2D eigenvalue weighted by Crippen LogP contribution is 1.83. The normalized spacial score (nSPS) is 9.86. The summed E-state index contributed by atoms with van der Waals surface area (Å²) in [5, 5.41) is 0. The van der Waals surface area contributed by atoms with E-state index in [1.165, 1.54) is 0 Å². The Bertz CT molecular complexity index is 64.6. The van der Waals surface area contributed by atoms with E-state index in [4.69, 9.17) is 0 Å². The average molecular weight is 114 g/mol. The van der Waals surface area contributed by atoms with Crippen LogP contribution in [0.1, 0.15) is 6.42 Å². The third-order valence-electron chi connectivity index (χ3n) is 0.575. The highest BCUT2D eigenvalue weighted by molar-refractivity contribution is 7.80. The molecule has 0 aromatic rings. The van der Waals surface area contributed by atoms with E-state index in [1.54, 1.807) is 0 Å². The van der Waals surface area contributed by atoms with Gasteiger partial charge in [-0.1, -0.05) is 18.2 Å². The highest BCUT2D eigenvalue weighted by Gasteiger charge is 1.63. The number of allylic oxidation sites excluding steroid dienone is 2. The summed E-state index contributed by atoms with van der Waals surface area (Å²) in [6.45, 7) is 3.56. The molecular weight excluding hydrogens is 104 g/mol. The average Bonchev–Trinajstić information content (AvgIpc) is 1.69. The Balaban J connectivity index is 2.92. The minimum Gasteiger partial charge on any atom is -0.175 e. The molecule has 0 aliphatic rings. The van der Waals surface area contributed by atoms with E-state index in [0.29, 0.717) is 0 Å². The Morgan fingerprint density at radius 3 is 2.57 bits per heavy atom. The van der Waals surface area contributed by atoms with Gasteiger partial charge in [0.15, 0.2) is 0 Å². The second-order valence-corrected chi connectivity index (χ2v) is 1.54. The van der Waals surface area contributed by atoms with Crippen LogP contribution >= 0.6 is 12.6 Å². The van der Waals surface area contributed by atoms with Gasteiger partial charge in [0.25, 0.3) is 0 Å². The summed E-state index contributed by atoms with van der Waals surface area (Å²) in [5.74, 6) is 0.827. The summed E-state index contributed by atoms with van der Waals surface area (Å²) in [5.41, 5.74) is 0. The zero-order valence-corrected chi connectivity index (χ0v) is 5.20. The second-order valence-electron chi connectivity index (χ2n) is 1.18. The van der Waals surface area contributed by atoms with Gasteiger partial charge in [-0.05, 0) is 6.42 Å². The maximum absolute atomic E-state index is 3.97. The predicted molar refractivity (Wildman–Crippen MR) is 37.8 cm³/mol. The van der Waals surface area contributed by atoms with Crippen LogP contribution in [-0.2, 0) is 0 Å². The fourth-order valence-corrected chi connectivity index (χ4v) is 0.416. The van der Waals surface area contributed by atoms with Crippen molar-refractivity contribution in [1.82, 2.24) is 0 Å². The summed E-state index contributed by atoms with van der Waals surface area (Å²) >= 11 is 3.97.